The summed E-state index contributed by atoms with van der Waals surface area (Å²) in [6, 6.07) is 12.4. The van der Waals surface area contributed by atoms with Gasteiger partial charge in [0.1, 0.15) is 28.5 Å². The third-order valence-corrected chi connectivity index (χ3v) is 6.82. The molecule has 1 aromatic heterocycles. The molecule has 3 aromatic rings. The second-order valence-corrected chi connectivity index (χ2v) is 9.38. The summed E-state index contributed by atoms with van der Waals surface area (Å²) in [5, 5.41) is 6.22. The molecule has 0 bridgehead atoms. The summed E-state index contributed by atoms with van der Waals surface area (Å²) in [7, 11) is 0. The number of halogens is 3. The molecule has 1 amide bonds. The van der Waals surface area contributed by atoms with E-state index in [-0.39, 0.29) is 39.8 Å². The van der Waals surface area contributed by atoms with Crippen molar-refractivity contribution in [3.05, 3.63) is 91.8 Å². The number of pyridine rings is 1. The molecule has 35 heavy (non-hydrogen) atoms. The normalized spacial score (nSPS) is 14.1. The van der Waals surface area contributed by atoms with Gasteiger partial charge in [0.05, 0.1) is 6.54 Å². The molecule has 0 aliphatic carbocycles. The van der Waals surface area contributed by atoms with Crippen LogP contribution < -0.4 is 20.9 Å². The van der Waals surface area contributed by atoms with Gasteiger partial charge in [0, 0.05) is 35.0 Å². The summed E-state index contributed by atoms with van der Waals surface area (Å²) in [6.45, 7) is 3.69. The number of carbonyl (C=O) groups excluding carboxylic acids is 1. The number of piperidine rings is 1. The predicted molar refractivity (Wildman–Crippen MR) is 134 cm³/mol. The highest BCUT2D eigenvalue weighted by Crippen LogP contribution is 2.25. The van der Waals surface area contributed by atoms with Gasteiger partial charge >= 0.3 is 0 Å². The Morgan fingerprint density at radius 1 is 1.14 bits per heavy atom. The molecule has 184 valence electrons. The molecule has 1 saturated heterocycles. The first-order valence-electron chi connectivity index (χ1n) is 11.4. The number of aromatic nitrogens is 1. The third-order valence-electron chi connectivity index (χ3n) is 6.09. The van der Waals surface area contributed by atoms with Crippen LogP contribution in [0.3, 0.4) is 0 Å². The molecule has 0 atom stereocenters. The lowest BCUT2D eigenvalue weighted by Gasteiger charge is -2.21. The van der Waals surface area contributed by atoms with Crippen molar-refractivity contribution in [2.75, 3.05) is 18.4 Å². The Labute approximate surface area is 210 Å². The number of anilines is 1. The zero-order valence-corrected chi connectivity index (χ0v) is 20.8. The van der Waals surface area contributed by atoms with Crippen LogP contribution in [0.2, 0.25) is 0 Å². The van der Waals surface area contributed by atoms with Gasteiger partial charge in [0.15, 0.2) is 0 Å². The average Bonchev–Trinajstić information content (AvgIpc) is 2.85. The largest absolute Gasteiger partial charge is 0.487 e. The summed E-state index contributed by atoms with van der Waals surface area (Å²) in [5.74, 6) is -1.03. The van der Waals surface area contributed by atoms with Crippen LogP contribution in [0, 0.1) is 24.5 Å². The molecular formula is C26H26BrF2N3O3. The molecule has 0 radical (unpaired) electrons. The second-order valence-electron chi connectivity index (χ2n) is 8.59. The van der Waals surface area contributed by atoms with Crippen molar-refractivity contribution in [3.63, 3.8) is 0 Å². The zero-order chi connectivity index (χ0) is 24.9. The Morgan fingerprint density at radius 3 is 2.54 bits per heavy atom. The first-order valence-corrected chi connectivity index (χ1v) is 12.2. The molecule has 2 aromatic carbocycles. The highest BCUT2D eigenvalue weighted by molar-refractivity contribution is 9.10. The number of carbonyl (C=O) groups is 1. The lowest BCUT2D eigenvalue weighted by atomic mass is 9.97. The van der Waals surface area contributed by atoms with Crippen molar-refractivity contribution in [2.24, 2.45) is 5.92 Å². The molecule has 6 nitrogen and oxygen atoms in total. The summed E-state index contributed by atoms with van der Waals surface area (Å²) >= 11 is 3.29. The number of ether oxygens (including phenoxy) is 1. The van der Waals surface area contributed by atoms with E-state index in [0.29, 0.717) is 12.2 Å². The zero-order valence-electron chi connectivity index (χ0n) is 19.2. The number of hydrogen-bond acceptors (Lipinski definition) is 4. The van der Waals surface area contributed by atoms with Crippen molar-refractivity contribution < 1.29 is 18.3 Å². The van der Waals surface area contributed by atoms with Gasteiger partial charge in [0.25, 0.3) is 5.56 Å². The van der Waals surface area contributed by atoms with E-state index < -0.39 is 11.6 Å². The molecule has 1 fully saturated rings. The van der Waals surface area contributed by atoms with Crippen molar-refractivity contribution >= 4 is 27.5 Å². The summed E-state index contributed by atoms with van der Waals surface area (Å²) in [6.07, 6.45) is 1.67. The minimum Gasteiger partial charge on any atom is -0.487 e. The standard InChI is InChI=1S/C26H26BrF2N3O3/c1-16-12-23(35-15-19-4-5-20(28)13-22(19)29)24(27)26(34)32(16)14-17-2-6-21(7-3-17)31-25(33)18-8-10-30-11-9-18/h2-7,12-13,18,30H,8-11,14-15H2,1H3,(H,31,33). The van der Waals surface area contributed by atoms with Gasteiger partial charge in [-0.05, 0) is 78.6 Å². The molecule has 4 rings (SSSR count). The van der Waals surface area contributed by atoms with Gasteiger partial charge in [-0.1, -0.05) is 12.1 Å². The number of rotatable bonds is 7. The fourth-order valence-electron chi connectivity index (χ4n) is 4.02. The highest BCUT2D eigenvalue weighted by atomic mass is 79.9. The summed E-state index contributed by atoms with van der Waals surface area (Å²) in [4.78, 5) is 25.4. The minimum absolute atomic E-state index is 0.0230. The average molecular weight is 546 g/mol. The van der Waals surface area contributed by atoms with Crippen LogP contribution in [0.15, 0.2) is 57.8 Å². The summed E-state index contributed by atoms with van der Waals surface area (Å²) in [5.41, 5.74) is 2.18. The highest BCUT2D eigenvalue weighted by Gasteiger charge is 2.21. The van der Waals surface area contributed by atoms with E-state index in [4.69, 9.17) is 4.74 Å². The quantitative estimate of drug-likeness (QED) is 0.449. The number of hydrogen-bond donors (Lipinski definition) is 2. The van der Waals surface area contributed by atoms with E-state index in [0.717, 1.165) is 49.3 Å². The van der Waals surface area contributed by atoms with Gasteiger partial charge in [-0.2, -0.15) is 0 Å². The van der Waals surface area contributed by atoms with Crippen molar-refractivity contribution in [3.8, 4) is 5.75 Å². The smallest absolute Gasteiger partial charge is 0.269 e. The Hall–Kier alpha value is -3.04. The van der Waals surface area contributed by atoms with Gasteiger partial charge in [-0.15, -0.1) is 0 Å². The van der Waals surface area contributed by atoms with Crippen LogP contribution in [0.25, 0.3) is 0 Å². The van der Waals surface area contributed by atoms with E-state index in [2.05, 4.69) is 26.6 Å². The first kappa shape index (κ1) is 25.1. The molecule has 0 unspecified atom stereocenters. The summed E-state index contributed by atoms with van der Waals surface area (Å²) < 4.78 is 34.5. The number of amides is 1. The predicted octanol–water partition coefficient (Wildman–Crippen LogP) is 4.76. The Kier molecular flexibility index (Phi) is 7.97. The Bertz CT molecular complexity index is 1270. The molecule has 0 spiro atoms. The van der Waals surface area contributed by atoms with Crippen LogP contribution in [-0.4, -0.2) is 23.6 Å². The fourth-order valence-corrected chi connectivity index (χ4v) is 4.46. The number of benzene rings is 2. The number of nitrogens with one attached hydrogen (secondary N) is 2. The van der Waals surface area contributed by atoms with E-state index in [1.165, 1.54) is 6.07 Å². The number of aryl methyl sites for hydroxylation is 1. The lowest BCUT2D eigenvalue weighted by Crippen LogP contribution is -2.34. The second kappa shape index (κ2) is 11.1. The van der Waals surface area contributed by atoms with Crippen molar-refractivity contribution in [1.82, 2.24) is 9.88 Å². The molecule has 2 N–H and O–H groups in total. The van der Waals surface area contributed by atoms with Crippen LogP contribution in [0.4, 0.5) is 14.5 Å². The third kappa shape index (κ3) is 6.15. The monoisotopic (exact) mass is 545 g/mol. The minimum atomic E-state index is -0.707. The first-order chi connectivity index (χ1) is 16.8. The lowest BCUT2D eigenvalue weighted by molar-refractivity contribution is -0.120. The molecule has 1 aliphatic heterocycles. The maximum Gasteiger partial charge on any atom is 0.269 e. The van der Waals surface area contributed by atoms with Crippen molar-refractivity contribution in [1.29, 1.82) is 0 Å². The van der Waals surface area contributed by atoms with Crippen molar-refractivity contribution in [2.45, 2.75) is 32.9 Å². The maximum absolute atomic E-state index is 13.9. The molecule has 0 saturated carbocycles. The molecular weight excluding hydrogens is 520 g/mol. The SMILES string of the molecule is Cc1cc(OCc2ccc(F)cc2F)c(Br)c(=O)n1Cc1ccc(NC(=O)C2CCNCC2)cc1. The van der Waals surface area contributed by atoms with Gasteiger partial charge < -0.3 is 19.9 Å². The van der Waals surface area contributed by atoms with E-state index in [9.17, 15) is 18.4 Å². The Morgan fingerprint density at radius 2 is 1.86 bits per heavy atom. The van der Waals surface area contributed by atoms with Gasteiger partial charge in [-0.3, -0.25) is 9.59 Å². The molecule has 1 aliphatic rings. The Balaban J connectivity index is 1.43. The van der Waals surface area contributed by atoms with Crippen LogP contribution in [-0.2, 0) is 17.9 Å². The van der Waals surface area contributed by atoms with Crippen LogP contribution in [0.5, 0.6) is 5.75 Å². The van der Waals surface area contributed by atoms with E-state index in [1.54, 1.807) is 17.6 Å². The van der Waals surface area contributed by atoms with E-state index in [1.807, 2.05) is 24.3 Å². The van der Waals surface area contributed by atoms with Crippen LogP contribution in [0.1, 0.15) is 29.7 Å². The van der Waals surface area contributed by atoms with Gasteiger partial charge in [-0.25, -0.2) is 8.78 Å². The van der Waals surface area contributed by atoms with Crippen LogP contribution >= 0.6 is 15.9 Å². The number of nitrogens with zero attached hydrogens (tertiary/aromatic N) is 1. The van der Waals surface area contributed by atoms with Gasteiger partial charge in [0.2, 0.25) is 5.91 Å². The van der Waals surface area contributed by atoms with E-state index >= 15 is 0 Å². The molecule has 2 heterocycles. The topological polar surface area (TPSA) is 72.4 Å². The molecule has 9 heteroatoms. The maximum atomic E-state index is 13.9. The fraction of sp³-hybridized carbons (Fsp3) is 0.308.